The fraction of sp³-hybridized carbons (Fsp3) is 1.00. The molecule has 0 aromatic carbocycles. The van der Waals surface area contributed by atoms with Crippen molar-refractivity contribution in [3.05, 3.63) is 0 Å². The first-order valence-corrected chi connectivity index (χ1v) is 5.34. The molecule has 0 unspecified atom stereocenters. The second-order valence-electron chi connectivity index (χ2n) is 4.06. The molecule has 0 aromatic rings. The van der Waals surface area contributed by atoms with Gasteiger partial charge >= 0.3 is 0 Å². The maximum atomic E-state index is 5.20. The molecule has 0 rings (SSSR count). The van der Waals surface area contributed by atoms with Crippen LogP contribution < -0.4 is 0 Å². The van der Waals surface area contributed by atoms with Crippen molar-refractivity contribution in [2.45, 2.75) is 32.6 Å². The first kappa shape index (κ1) is 12.9. The van der Waals surface area contributed by atoms with Crippen molar-refractivity contribution in [3.63, 3.8) is 0 Å². The van der Waals surface area contributed by atoms with E-state index in [1.165, 1.54) is 32.2 Å². The van der Waals surface area contributed by atoms with Crippen molar-refractivity contribution in [1.29, 1.82) is 0 Å². The Bertz CT molecular complexity index is 98.3. The third kappa shape index (κ3) is 8.26. The second kappa shape index (κ2) is 8.52. The van der Waals surface area contributed by atoms with Crippen LogP contribution >= 0.6 is 0 Å². The molecule has 2 heteroatoms. The zero-order chi connectivity index (χ0) is 10.1. The summed E-state index contributed by atoms with van der Waals surface area (Å²) in [5.41, 5.74) is 0. The predicted octanol–water partition coefficient (Wildman–Crippen LogP) is 2.39. The minimum Gasteiger partial charge on any atom is -0.384 e. The first-order valence-electron chi connectivity index (χ1n) is 5.34. The van der Waals surface area contributed by atoms with Crippen molar-refractivity contribution < 1.29 is 4.74 Å². The second-order valence-corrected chi connectivity index (χ2v) is 4.06. The van der Waals surface area contributed by atoms with E-state index in [4.69, 9.17) is 4.74 Å². The highest BCUT2D eigenvalue weighted by Gasteiger charge is 2.06. The quantitative estimate of drug-likeness (QED) is 0.578. The van der Waals surface area contributed by atoms with E-state index in [0.29, 0.717) is 0 Å². The Morgan fingerprint density at radius 2 is 1.92 bits per heavy atom. The minimum absolute atomic E-state index is 0.773. The molecule has 2 nitrogen and oxygen atoms in total. The Morgan fingerprint density at radius 1 is 1.23 bits per heavy atom. The molecule has 0 N–H and O–H groups in total. The van der Waals surface area contributed by atoms with Gasteiger partial charge in [-0.25, -0.2) is 0 Å². The highest BCUT2D eigenvalue weighted by Crippen LogP contribution is 2.13. The molecule has 0 heterocycles. The predicted molar refractivity (Wildman–Crippen MR) is 58.1 cm³/mol. The Morgan fingerprint density at radius 3 is 2.38 bits per heavy atom. The van der Waals surface area contributed by atoms with Gasteiger partial charge in [-0.2, -0.15) is 0 Å². The van der Waals surface area contributed by atoms with Crippen molar-refractivity contribution in [2.75, 3.05) is 34.4 Å². The number of rotatable bonds is 8. The third-order valence-electron chi connectivity index (χ3n) is 2.32. The van der Waals surface area contributed by atoms with Crippen molar-refractivity contribution in [1.82, 2.24) is 4.90 Å². The summed E-state index contributed by atoms with van der Waals surface area (Å²) in [5.74, 6) is 0.773. The lowest BCUT2D eigenvalue weighted by atomic mass is 9.99. The van der Waals surface area contributed by atoms with Crippen LogP contribution in [0.1, 0.15) is 32.6 Å². The van der Waals surface area contributed by atoms with Crippen LogP contribution in [0.5, 0.6) is 0 Å². The van der Waals surface area contributed by atoms with Crippen LogP contribution in [0.2, 0.25) is 0 Å². The molecule has 1 atom stereocenters. The molecule has 80 valence electrons. The Hall–Kier alpha value is -0.0800. The standard InChI is InChI=1S/C11H25NO/c1-5-7-11(10-13-4)8-6-9-12(2)3/h11H,5-10H2,1-4H3/t11-/m0/s1. The van der Waals surface area contributed by atoms with Gasteiger partial charge in [-0.3, -0.25) is 0 Å². The zero-order valence-corrected chi connectivity index (χ0v) is 9.68. The van der Waals surface area contributed by atoms with Crippen LogP contribution in [0.3, 0.4) is 0 Å². The number of methoxy groups -OCH3 is 1. The van der Waals surface area contributed by atoms with Crippen LogP contribution in [-0.2, 0) is 4.74 Å². The SMILES string of the molecule is CCC[C@@H](CCCN(C)C)COC. The molecular weight excluding hydrogens is 162 g/mol. The number of hydrogen-bond acceptors (Lipinski definition) is 2. The third-order valence-corrected chi connectivity index (χ3v) is 2.32. The Balaban J connectivity index is 3.44. The largest absolute Gasteiger partial charge is 0.384 e. The topological polar surface area (TPSA) is 12.5 Å². The molecule has 0 bridgehead atoms. The van der Waals surface area contributed by atoms with Gasteiger partial charge in [0.25, 0.3) is 0 Å². The molecule has 0 saturated heterocycles. The maximum absolute atomic E-state index is 5.20. The molecule has 0 amide bonds. The van der Waals surface area contributed by atoms with E-state index in [9.17, 15) is 0 Å². The molecule has 0 fully saturated rings. The monoisotopic (exact) mass is 187 g/mol. The van der Waals surface area contributed by atoms with Crippen LogP contribution in [0.25, 0.3) is 0 Å². The highest BCUT2D eigenvalue weighted by atomic mass is 16.5. The van der Waals surface area contributed by atoms with Crippen molar-refractivity contribution >= 4 is 0 Å². The van der Waals surface area contributed by atoms with Crippen LogP contribution in [0.15, 0.2) is 0 Å². The van der Waals surface area contributed by atoms with E-state index in [-0.39, 0.29) is 0 Å². The Labute approximate surface area is 83.3 Å². The van der Waals surface area contributed by atoms with Crippen molar-refractivity contribution in [2.24, 2.45) is 5.92 Å². The maximum Gasteiger partial charge on any atom is 0.0490 e. The molecule has 0 aliphatic carbocycles. The van der Waals surface area contributed by atoms with Crippen LogP contribution in [0, 0.1) is 5.92 Å². The van der Waals surface area contributed by atoms with Gasteiger partial charge in [-0.05, 0) is 45.8 Å². The summed E-state index contributed by atoms with van der Waals surface area (Å²) in [6, 6.07) is 0. The van der Waals surface area contributed by atoms with Gasteiger partial charge in [0, 0.05) is 13.7 Å². The highest BCUT2D eigenvalue weighted by molar-refractivity contribution is 4.59. The number of ether oxygens (including phenoxy) is 1. The average molecular weight is 187 g/mol. The minimum atomic E-state index is 0.773. The van der Waals surface area contributed by atoms with Gasteiger partial charge in [0.05, 0.1) is 0 Å². The van der Waals surface area contributed by atoms with E-state index >= 15 is 0 Å². The smallest absolute Gasteiger partial charge is 0.0490 e. The summed E-state index contributed by atoms with van der Waals surface area (Å²) < 4.78 is 5.20. The van der Waals surface area contributed by atoms with E-state index in [1.54, 1.807) is 7.11 Å². The van der Waals surface area contributed by atoms with E-state index < -0.39 is 0 Å². The van der Waals surface area contributed by atoms with Gasteiger partial charge in [0.15, 0.2) is 0 Å². The molecule has 0 spiro atoms. The van der Waals surface area contributed by atoms with E-state index in [2.05, 4.69) is 25.9 Å². The number of nitrogens with zero attached hydrogens (tertiary/aromatic N) is 1. The fourth-order valence-corrected chi connectivity index (χ4v) is 1.65. The van der Waals surface area contributed by atoms with Crippen LogP contribution in [0.4, 0.5) is 0 Å². The average Bonchev–Trinajstić information content (AvgIpc) is 2.04. The molecule has 13 heavy (non-hydrogen) atoms. The molecule has 0 aliphatic rings. The fourth-order valence-electron chi connectivity index (χ4n) is 1.65. The van der Waals surface area contributed by atoms with Gasteiger partial charge in [-0.15, -0.1) is 0 Å². The van der Waals surface area contributed by atoms with Gasteiger partial charge < -0.3 is 9.64 Å². The molecular formula is C11H25NO. The molecule has 0 aliphatic heterocycles. The molecule has 0 saturated carbocycles. The lowest BCUT2D eigenvalue weighted by Crippen LogP contribution is -2.15. The van der Waals surface area contributed by atoms with Gasteiger partial charge in [0.1, 0.15) is 0 Å². The van der Waals surface area contributed by atoms with E-state index in [1.807, 2.05) is 0 Å². The summed E-state index contributed by atoms with van der Waals surface area (Å²) in [5, 5.41) is 0. The summed E-state index contributed by atoms with van der Waals surface area (Å²) in [6.45, 7) is 4.37. The van der Waals surface area contributed by atoms with Crippen LogP contribution in [-0.4, -0.2) is 39.3 Å². The summed E-state index contributed by atoms with van der Waals surface area (Å²) in [4.78, 5) is 2.25. The lowest BCUT2D eigenvalue weighted by Gasteiger charge is -2.16. The normalized spacial score (nSPS) is 13.6. The Kier molecular flexibility index (Phi) is 8.46. The molecule has 0 radical (unpaired) electrons. The molecule has 0 aromatic heterocycles. The zero-order valence-electron chi connectivity index (χ0n) is 9.68. The first-order chi connectivity index (χ1) is 6.20. The lowest BCUT2D eigenvalue weighted by molar-refractivity contribution is 0.140. The summed E-state index contributed by atoms with van der Waals surface area (Å²) >= 11 is 0. The van der Waals surface area contributed by atoms with E-state index in [0.717, 1.165) is 12.5 Å². The summed E-state index contributed by atoms with van der Waals surface area (Å²) in [6.07, 6.45) is 5.18. The van der Waals surface area contributed by atoms with Crippen molar-refractivity contribution in [3.8, 4) is 0 Å². The number of hydrogen-bond donors (Lipinski definition) is 0. The van der Waals surface area contributed by atoms with Gasteiger partial charge in [-0.1, -0.05) is 13.3 Å². The summed E-state index contributed by atoms with van der Waals surface area (Å²) in [7, 11) is 6.06. The van der Waals surface area contributed by atoms with Gasteiger partial charge in [0.2, 0.25) is 0 Å².